The van der Waals surface area contributed by atoms with Crippen LogP contribution in [0.4, 0.5) is 5.13 Å². The number of carbonyl (C=O) groups excluding carboxylic acids is 1. The number of thiazole rings is 1. The molecule has 2 heterocycles. The number of rotatable bonds is 6. The van der Waals surface area contributed by atoms with Gasteiger partial charge in [0, 0.05) is 34.4 Å². The molecular weight excluding hydrogens is 446 g/mol. The fourth-order valence-corrected chi connectivity index (χ4v) is 5.16. The second-order valence-corrected chi connectivity index (χ2v) is 9.63. The van der Waals surface area contributed by atoms with Crippen LogP contribution in [0.3, 0.4) is 0 Å². The van der Waals surface area contributed by atoms with Gasteiger partial charge in [-0.3, -0.25) is 9.69 Å². The number of amides is 1. The zero-order chi connectivity index (χ0) is 19.4. The third-order valence-corrected chi connectivity index (χ3v) is 6.65. The average Bonchev–Trinajstić information content (AvgIpc) is 3.00. The first-order valence-corrected chi connectivity index (χ1v) is 11.6. The van der Waals surface area contributed by atoms with Gasteiger partial charge in [0.15, 0.2) is 5.13 Å². The summed E-state index contributed by atoms with van der Waals surface area (Å²) >= 11 is 6.48. The number of hydrogen-bond donors (Lipinski definition) is 1. The van der Waals surface area contributed by atoms with Crippen molar-refractivity contribution in [3.8, 4) is 0 Å². The molecule has 0 radical (unpaired) electrons. The van der Waals surface area contributed by atoms with E-state index in [-0.39, 0.29) is 18.1 Å². The average molecular weight is 470 g/mol. The van der Waals surface area contributed by atoms with Crippen LogP contribution in [0.5, 0.6) is 0 Å². The van der Waals surface area contributed by atoms with Gasteiger partial charge in [0.1, 0.15) is 0 Å². The maximum Gasteiger partial charge on any atom is 0.236 e. The number of aromatic nitrogens is 1. The smallest absolute Gasteiger partial charge is 0.236 e. The molecule has 1 fully saturated rings. The first-order chi connectivity index (χ1) is 12.9. The molecule has 2 atom stereocenters. The number of nitrogens with zero attached hydrogens (tertiary/aromatic N) is 2. The van der Waals surface area contributed by atoms with Crippen LogP contribution in [-0.2, 0) is 16.1 Å². The van der Waals surface area contributed by atoms with Crippen molar-refractivity contribution in [3.63, 3.8) is 0 Å². The summed E-state index contributed by atoms with van der Waals surface area (Å²) < 4.78 is 6.82. The fraction of sp³-hybridized carbons (Fsp3) is 0.474. The van der Waals surface area contributed by atoms with Crippen molar-refractivity contribution in [1.29, 1.82) is 0 Å². The van der Waals surface area contributed by atoms with E-state index in [0.29, 0.717) is 10.9 Å². The van der Waals surface area contributed by atoms with Gasteiger partial charge in [-0.25, -0.2) is 4.98 Å². The molecule has 1 aliphatic heterocycles. The number of nitrogens with one attached hydrogen (secondary N) is 1. The molecular formula is C19H24BrN3O2S2. The second kappa shape index (κ2) is 9.52. The number of ether oxygens (including phenoxy) is 1. The number of anilines is 1. The number of aryl methyl sites for hydroxylation is 1. The molecule has 146 valence electrons. The highest BCUT2D eigenvalue weighted by atomic mass is 79.9. The molecule has 1 aliphatic rings. The standard InChI is InChI=1S/C19H24BrN3O2S2/c1-12-6-15(20)4-5-17(12)26-11-18(24)22-19-21-16(10-27-19)9-23-7-13(2)25-14(3)8-23/h4-6,10,13-14H,7-9,11H2,1-3H3,(H,21,22,24). The summed E-state index contributed by atoms with van der Waals surface area (Å²) in [5.74, 6) is 0.340. The molecule has 1 saturated heterocycles. The number of thioether (sulfide) groups is 1. The lowest BCUT2D eigenvalue weighted by molar-refractivity contribution is -0.113. The first-order valence-electron chi connectivity index (χ1n) is 8.90. The molecule has 2 aromatic rings. The second-order valence-electron chi connectivity index (χ2n) is 6.84. The summed E-state index contributed by atoms with van der Waals surface area (Å²) in [5.41, 5.74) is 2.15. The maximum atomic E-state index is 12.2. The van der Waals surface area contributed by atoms with E-state index in [0.717, 1.165) is 40.3 Å². The van der Waals surface area contributed by atoms with Gasteiger partial charge in [-0.2, -0.15) is 0 Å². The molecule has 5 nitrogen and oxygen atoms in total. The van der Waals surface area contributed by atoms with Crippen LogP contribution in [0, 0.1) is 6.92 Å². The quantitative estimate of drug-likeness (QED) is 0.628. The Morgan fingerprint density at radius 1 is 1.41 bits per heavy atom. The third kappa shape index (κ3) is 6.29. The van der Waals surface area contributed by atoms with Gasteiger partial charge in [-0.1, -0.05) is 15.9 Å². The predicted molar refractivity (Wildman–Crippen MR) is 116 cm³/mol. The molecule has 1 aromatic carbocycles. The van der Waals surface area contributed by atoms with E-state index >= 15 is 0 Å². The minimum absolute atomic E-state index is 0.0307. The summed E-state index contributed by atoms with van der Waals surface area (Å²) in [4.78, 5) is 20.3. The Labute approximate surface area is 177 Å². The SMILES string of the molecule is Cc1cc(Br)ccc1SCC(=O)Nc1nc(CN2CC(C)OC(C)C2)cs1. The van der Waals surface area contributed by atoms with Crippen LogP contribution in [0.2, 0.25) is 0 Å². The highest BCUT2D eigenvalue weighted by Crippen LogP contribution is 2.26. The summed E-state index contributed by atoms with van der Waals surface area (Å²) in [5, 5.41) is 5.60. The van der Waals surface area contributed by atoms with E-state index in [4.69, 9.17) is 4.74 Å². The van der Waals surface area contributed by atoms with Crippen LogP contribution in [-0.4, -0.2) is 46.8 Å². The van der Waals surface area contributed by atoms with E-state index in [1.807, 2.05) is 24.4 Å². The van der Waals surface area contributed by atoms with E-state index in [1.54, 1.807) is 11.8 Å². The van der Waals surface area contributed by atoms with Gasteiger partial charge in [-0.15, -0.1) is 23.1 Å². The minimum Gasteiger partial charge on any atom is -0.373 e. The molecule has 0 bridgehead atoms. The zero-order valence-corrected chi connectivity index (χ0v) is 18.9. The van der Waals surface area contributed by atoms with Crippen molar-refractivity contribution >= 4 is 50.1 Å². The van der Waals surface area contributed by atoms with Crippen molar-refractivity contribution in [2.75, 3.05) is 24.2 Å². The monoisotopic (exact) mass is 469 g/mol. The Bertz CT molecular complexity index is 789. The van der Waals surface area contributed by atoms with Crippen LogP contribution < -0.4 is 5.32 Å². The molecule has 0 saturated carbocycles. The van der Waals surface area contributed by atoms with Crippen molar-refractivity contribution < 1.29 is 9.53 Å². The van der Waals surface area contributed by atoms with Crippen molar-refractivity contribution in [2.24, 2.45) is 0 Å². The van der Waals surface area contributed by atoms with E-state index in [9.17, 15) is 4.79 Å². The number of carbonyl (C=O) groups is 1. The fourth-order valence-electron chi connectivity index (χ4n) is 3.15. The number of hydrogen-bond acceptors (Lipinski definition) is 6. The molecule has 2 unspecified atom stereocenters. The normalized spacial score (nSPS) is 20.6. The van der Waals surface area contributed by atoms with E-state index in [1.165, 1.54) is 11.3 Å². The Morgan fingerprint density at radius 3 is 2.85 bits per heavy atom. The lowest BCUT2D eigenvalue weighted by Crippen LogP contribution is -2.44. The molecule has 3 rings (SSSR count). The van der Waals surface area contributed by atoms with Gasteiger partial charge < -0.3 is 10.1 Å². The van der Waals surface area contributed by atoms with Gasteiger partial charge in [0.05, 0.1) is 23.7 Å². The van der Waals surface area contributed by atoms with E-state index < -0.39 is 0 Å². The summed E-state index contributed by atoms with van der Waals surface area (Å²) in [6.07, 6.45) is 0.483. The minimum atomic E-state index is -0.0307. The molecule has 0 spiro atoms. The molecule has 0 aliphatic carbocycles. The summed E-state index contributed by atoms with van der Waals surface area (Å²) in [7, 11) is 0. The van der Waals surface area contributed by atoms with Gasteiger partial charge in [0.2, 0.25) is 5.91 Å². The number of halogens is 1. The highest BCUT2D eigenvalue weighted by Gasteiger charge is 2.22. The molecule has 1 aromatic heterocycles. The van der Waals surface area contributed by atoms with Crippen molar-refractivity contribution in [1.82, 2.24) is 9.88 Å². The van der Waals surface area contributed by atoms with Gasteiger partial charge in [0.25, 0.3) is 0 Å². The Morgan fingerprint density at radius 2 is 2.15 bits per heavy atom. The summed E-state index contributed by atoms with van der Waals surface area (Å²) in [6.45, 7) is 8.85. The van der Waals surface area contributed by atoms with Crippen molar-refractivity contribution in [3.05, 3.63) is 39.3 Å². The van der Waals surface area contributed by atoms with Gasteiger partial charge >= 0.3 is 0 Å². The maximum absolute atomic E-state index is 12.2. The number of morpholine rings is 1. The molecule has 8 heteroatoms. The lowest BCUT2D eigenvalue weighted by Gasteiger charge is -2.34. The Balaban J connectivity index is 1.49. The molecule has 1 amide bonds. The first kappa shape index (κ1) is 20.8. The summed E-state index contributed by atoms with van der Waals surface area (Å²) in [6, 6.07) is 6.08. The predicted octanol–water partition coefficient (Wildman–Crippen LogP) is 4.55. The van der Waals surface area contributed by atoms with Crippen LogP contribution >= 0.6 is 39.0 Å². The highest BCUT2D eigenvalue weighted by molar-refractivity contribution is 9.10. The number of benzene rings is 1. The third-order valence-electron chi connectivity index (χ3n) is 4.17. The van der Waals surface area contributed by atoms with Crippen LogP contribution in [0.25, 0.3) is 0 Å². The van der Waals surface area contributed by atoms with Crippen molar-refractivity contribution in [2.45, 2.75) is 44.4 Å². The van der Waals surface area contributed by atoms with Crippen LogP contribution in [0.15, 0.2) is 32.9 Å². The van der Waals surface area contributed by atoms with Crippen LogP contribution in [0.1, 0.15) is 25.1 Å². The Hall–Kier alpha value is -0.930. The van der Waals surface area contributed by atoms with Gasteiger partial charge in [-0.05, 0) is 44.5 Å². The van der Waals surface area contributed by atoms with E-state index in [2.05, 4.69) is 51.0 Å². The lowest BCUT2D eigenvalue weighted by atomic mass is 10.2. The molecule has 27 heavy (non-hydrogen) atoms. The zero-order valence-electron chi connectivity index (χ0n) is 15.7. The largest absolute Gasteiger partial charge is 0.373 e. The Kier molecular flexibility index (Phi) is 7.33. The molecule has 1 N–H and O–H groups in total. The topological polar surface area (TPSA) is 54.5 Å².